The minimum absolute atomic E-state index is 0.169. The Labute approximate surface area is 157 Å². The summed E-state index contributed by atoms with van der Waals surface area (Å²) in [5.74, 6) is 0.987. The Kier molecular flexibility index (Phi) is 6.30. The monoisotopic (exact) mass is 375 g/mol. The van der Waals surface area contributed by atoms with Gasteiger partial charge in [0.25, 0.3) is 5.91 Å². The van der Waals surface area contributed by atoms with E-state index in [1.54, 1.807) is 30.5 Å². The number of thiophene rings is 1. The van der Waals surface area contributed by atoms with Crippen LogP contribution in [0.25, 0.3) is 0 Å². The predicted molar refractivity (Wildman–Crippen MR) is 103 cm³/mol. The molecule has 1 aliphatic heterocycles. The van der Waals surface area contributed by atoms with E-state index >= 15 is 0 Å². The summed E-state index contributed by atoms with van der Waals surface area (Å²) in [5, 5.41) is 11.0. The van der Waals surface area contributed by atoms with Crippen LogP contribution in [0.15, 0.2) is 38.4 Å². The molecule has 7 nitrogen and oxygen atoms in total. The molecule has 140 valence electrons. The topological polar surface area (TPSA) is 95.9 Å². The number of amides is 1. The number of hydrogen-bond donors (Lipinski definition) is 3. The summed E-state index contributed by atoms with van der Waals surface area (Å²) in [4.78, 5) is 17.8. The molecule has 26 heavy (non-hydrogen) atoms. The zero-order valence-corrected chi connectivity index (χ0v) is 15.7. The lowest BCUT2D eigenvalue weighted by molar-refractivity contribution is 0.0972. The van der Waals surface area contributed by atoms with Gasteiger partial charge in [-0.1, -0.05) is 0 Å². The Morgan fingerprint density at radius 3 is 2.81 bits per heavy atom. The van der Waals surface area contributed by atoms with Crippen molar-refractivity contribution in [1.82, 2.24) is 15.5 Å². The molecule has 0 aliphatic carbocycles. The lowest BCUT2D eigenvalue weighted by Crippen LogP contribution is -2.48. The van der Waals surface area contributed by atoms with Crippen LogP contribution in [-0.2, 0) is 13.1 Å². The highest BCUT2D eigenvalue weighted by Crippen LogP contribution is 2.15. The van der Waals surface area contributed by atoms with Crippen molar-refractivity contribution < 1.29 is 9.21 Å². The van der Waals surface area contributed by atoms with Gasteiger partial charge in [0.1, 0.15) is 5.76 Å². The molecule has 0 radical (unpaired) electrons. The van der Waals surface area contributed by atoms with Crippen molar-refractivity contribution in [3.63, 3.8) is 0 Å². The lowest BCUT2D eigenvalue weighted by Gasteiger charge is -2.32. The van der Waals surface area contributed by atoms with Crippen LogP contribution >= 0.6 is 11.3 Å². The van der Waals surface area contributed by atoms with Gasteiger partial charge in [-0.25, -0.2) is 0 Å². The number of likely N-dealkylation sites (tertiary alicyclic amines) is 1. The molecule has 4 N–H and O–H groups in total. The normalized spacial score (nSPS) is 16.6. The van der Waals surface area contributed by atoms with Gasteiger partial charge in [-0.3, -0.25) is 14.7 Å². The summed E-state index contributed by atoms with van der Waals surface area (Å²) < 4.78 is 5.37. The van der Waals surface area contributed by atoms with Crippen LogP contribution in [0.5, 0.6) is 0 Å². The summed E-state index contributed by atoms with van der Waals surface area (Å²) in [5.41, 5.74) is 6.59. The molecule has 0 unspecified atom stereocenters. The van der Waals surface area contributed by atoms with Crippen molar-refractivity contribution in [2.24, 2.45) is 10.7 Å². The average Bonchev–Trinajstić information content (AvgIpc) is 3.32. The van der Waals surface area contributed by atoms with Crippen molar-refractivity contribution in [3.8, 4) is 0 Å². The highest BCUT2D eigenvalue weighted by molar-refractivity contribution is 7.07. The zero-order chi connectivity index (χ0) is 18.4. The number of nitrogens with two attached hydrogens (primary N) is 1. The van der Waals surface area contributed by atoms with Gasteiger partial charge in [0.05, 0.1) is 6.54 Å². The van der Waals surface area contributed by atoms with Crippen LogP contribution < -0.4 is 16.4 Å². The average molecular weight is 375 g/mol. The second-order valence-electron chi connectivity index (χ2n) is 6.38. The molecule has 0 saturated carbocycles. The summed E-state index contributed by atoms with van der Waals surface area (Å²) in [6.07, 6.45) is 2.16. The standard InChI is InChI=1S/C18H25N5O2S/c1-20-18(21-10-15-2-3-16(25-15)17(19)24)22-14-4-7-23(8-5-14)11-13-6-9-26-12-13/h2-3,6,9,12,14H,4-5,7-8,10-11H2,1H3,(H2,19,24)(H2,20,21,22). The van der Waals surface area contributed by atoms with Crippen LogP contribution in [0.4, 0.5) is 0 Å². The van der Waals surface area contributed by atoms with Gasteiger partial charge in [0, 0.05) is 32.7 Å². The van der Waals surface area contributed by atoms with Crippen LogP contribution in [0, 0.1) is 0 Å². The van der Waals surface area contributed by atoms with Gasteiger partial charge < -0.3 is 20.8 Å². The first kappa shape index (κ1) is 18.5. The molecule has 0 spiro atoms. The maximum absolute atomic E-state index is 11.1. The maximum Gasteiger partial charge on any atom is 0.284 e. The van der Waals surface area contributed by atoms with Crippen LogP contribution in [0.3, 0.4) is 0 Å². The molecular formula is C18H25N5O2S. The van der Waals surface area contributed by atoms with Gasteiger partial charge in [-0.05, 0) is 47.4 Å². The van der Waals surface area contributed by atoms with Crippen LogP contribution in [0.2, 0.25) is 0 Å². The number of nitrogens with one attached hydrogen (secondary N) is 2. The van der Waals surface area contributed by atoms with Gasteiger partial charge in [0.2, 0.25) is 0 Å². The summed E-state index contributed by atoms with van der Waals surface area (Å²) >= 11 is 1.75. The second kappa shape index (κ2) is 8.86. The van der Waals surface area contributed by atoms with Crippen molar-refractivity contribution in [3.05, 3.63) is 46.0 Å². The van der Waals surface area contributed by atoms with E-state index in [1.807, 2.05) is 0 Å². The molecule has 2 aromatic rings. The predicted octanol–water partition coefficient (Wildman–Crippen LogP) is 1.77. The largest absolute Gasteiger partial charge is 0.454 e. The lowest BCUT2D eigenvalue weighted by atomic mass is 10.0. The first-order valence-electron chi connectivity index (χ1n) is 8.73. The van der Waals surface area contributed by atoms with Crippen molar-refractivity contribution in [2.75, 3.05) is 20.1 Å². The molecular weight excluding hydrogens is 350 g/mol. The minimum atomic E-state index is -0.562. The molecule has 1 aliphatic rings. The second-order valence-corrected chi connectivity index (χ2v) is 7.16. The van der Waals surface area contributed by atoms with E-state index in [0.717, 1.165) is 38.4 Å². The number of aliphatic imine (C=N–C) groups is 1. The number of primary amides is 1. The number of furan rings is 1. The SMILES string of the molecule is CN=C(NCc1ccc(C(N)=O)o1)NC1CCN(Cc2ccsc2)CC1. The molecule has 3 heterocycles. The Bertz CT molecular complexity index is 733. The minimum Gasteiger partial charge on any atom is -0.454 e. The van der Waals surface area contributed by atoms with E-state index in [1.165, 1.54) is 5.56 Å². The Morgan fingerprint density at radius 2 is 2.19 bits per heavy atom. The number of carbonyl (C=O) groups is 1. The highest BCUT2D eigenvalue weighted by atomic mass is 32.1. The van der Waals surface area contributed by atoms with E-state index in [2.05, 4.69) is 37.4 Å². The van der Waals surface area contributed by atoms with Crippen LogP contribution in [0.1, 0.15) is 34.7 Å². The molecule has 3 rings (SSSR count). The smallest absolute Gasteiger partial charge is 0.284 e. The summed E-state index contributed by atoms with van der Waals surface area (Å²) in [6.45, 7) is 3.63. The molecule has 0 bridgehead atoms. The third kappa shape index (κ3) is 5.09. The fourth-order valence-corrected chi connectivity index (χ4v) is 3.70. The van der Waals surface area contributed by atoms with Crippen molar-refractivity contribution >= 4 is 23.2 Å². The first-order valence-corrected chi connectivity index (χ1v) is 9.67. The molecule has 0 aromatic carbocycles. The fraction of sp³-hybridized carbons (Fsp3) is 0.444. The Hall–Kier alpha value is -2.32. The fourth-order valence-electron chi connectivity index (χ4n) is 3.04. The maximum atomic E-state index is 11.1. The third-order valence-electron chi connectivity index (χ3n) is 4.47. The summed E-state index contributed by atoms with van der Waals surface area (Å²) in [6, 6.07) is 5.92. The first-order chi connectivity index (χ1) is 12.6. The highest BCUT2D eigenvalue weighted by Gasteiger charge is 2.20. The Morgan fingerprint density at radius 1 is 1.38 bits per heavy atom. The zero-order valence-electron chi connectivity index (χ0n) is 14.9. The molecule has 1 fully saturated rings. The van der Waals surface area contributed by atoms with E-state index in [0.29, 0.717) is 18.3 Å². The van der Waals surface area contributed by atoms with E-state index in [-0.39, 0.29) is 5.76 Å². The quantitative estimate of drug-likeness (QED) is 0.528. The third-order valence-corrected chi connectivity index (χ3v) is 5.20. The van der Waals surface area contributed by atoms with Gasteiger partial charge >= 0.3 is 0 Å². The number of hydrogen-bond acceptors (Lipinski definition) is 5. The van der Waals surface area contributed by atoms with Gasteiger partial charge in [-0.2, -0.15) is 11.3 Å². The number of rotatable bonds is 6. The van der Waals surface area contributed by atoms with Crippen LogP contribution in [-0.4, -0.2) is 42.9 Å². The Balaban J connectivity index is 1.41. The van der Waals surface area contributed by atoms with E-state index < -0.39 is 5.91 Å². The molecule has 1 saturated heterocycles. The van der Waals surface area contributed by atoms with Crippen molar-refractivity contribution in [2.45, 2.75) is 32.0 Å². The molecule has 0 atom stereocenters. The van der Waals surface area contributed by atoms with Crippen molar-refractivity contribution in [1.29, 1.82) is 0 Å². The molecule has 1 amide bonds. The van der Waals surface area contributed by atoms with E-state index in [9.17, 15) is 4.79 Å². The van der Waals surface area contributed by atoms with E-state index in [4.69, 9.17) is 10.2 Å². The summed E-state index contributed by atoms with van der Waals surface area (Å²) in [7, 11) is 1.75. The number of carbonyl (C=O) groups excluding carboxylic acids is 1. The molecule has 2 aromatic heterocycles. The number of nitrogens with zero attached hydrogens (tertiary/aromatic N) is 2. The van der Waals surface area contributed by atoms with Gasteiger partial charge in [0.15, 0.2) is 11.7 Å². The molecule has 8 heteroatoms. The van der Waals surface area contributed by atoms with Gasteiger partial charge in [-0.15, -0.1) is 0 Å². The number of guanidine groups is 1. The number of piperidine rings is 1.